The number of rotatable bonds is 6. The van der Waals surface area contributed by atoms with Gasteiger partial charge in [0.2, 0.25) is 0 Å². The predicted molar refractivity (Wildman–Crippen MR) is 87.5 cm³/mol. The van der Waals surface area contributed by atoms with Crippen LogP contribution in [0.25, 0.3) is 0 Å². The number of halogens is 4. The molecule has 2 aromatic rings. The molecule has 0 heterocycles. The fourth-order valence-electron chi connectivity index (χ4n) is 1.94. The number of ether oxygens (including phenoxy) is 2. The minimum absolute atomic E-state index is 0.124. The first kappa shape index (κ1) is 20.2. The Balaban J connectivity index is 1.82. The molecular formula is C18H15F4NO4. The second kappa shape index (κ2) is 8.52. The lowest BCUT2D eigenvalue weighted by Crippen LogP contribution is -2.31. The van der Waals surface area contributed by atoms with Crippen LogP contribution in [0.1, 0.15) is 12.5 Å². The third-order valence-corrected chi connectivity index (χ3v) is 3.33. The summed E-state index contributed by atoms with van der Waals surface area (Å²) in [6.07, 6.45) is -5.67. The van der Waals surface area contributed by atoms with Crippen LogP contribution < -0.4 is 10.1 Å². The SMILES string of the molecule is C[C@H](OC(=O)COc1ccc(F)cc1)C(=O)Nc1ccc(C(F)(F)F)cc1. The molecule has 0 unspecified atom stereocenters. The van der Waals surface area contributed by atoms with Gasteiger partial charge in [0.05, 0.1) is 5.56 Å². The fraction of sp³-hybridized carbons (Fsp3) is 0.222. The van der Waals surface area contributed by atoms with E-state index in [4.69, 9.17) is 9.47 Å². The molecule has 0 aliphatic carbocycles. The van der Waals surface area contributed by atoms with Crippen LogP contribution >= 0.6 is 0 Å². The van der Waals surface area contributed by atoms with Crippen LogP contribution in [0, 0.1) is 5.82 Å². The highest BCUT2D eigenvalue weighted by molar-refractivity contribution is 5.95. The van der Waals surface area contributed by atoms with E-state index in [2.05, 4.69) is 5.32 Å². The maximum Gasteiger partial charge on any atom is 0.416 e. The molecule has 1 N–H and O–H groups in total. The number of carbonyl (C=O) groups is 2. The highest BCUT2D eigenvalue weighted by atomic mass is 19.4. The second-order valence-electron chi connectivity index (χ2n) is 5.44. The van der Waals surface area contributed by atoms with E-state index in [9.17, 15) is 27.2 Å². The Morgan fingerprint density at radius 3 is 2.19 bits per heavy atom. The van der Waals surface area contributed by atoms with E-state index in [0.29, 0.717) is 0 Å². The highest BCUT2D eigenvalue weighted by Gasteiger charge is 2.30. The molecule has 0 radical (unpaired) electrons. The summed E-state index contributed by atoms with van der Waals surface area (Å²) in [5.41, 5.74) is -0.726. The predicted octanol–water partition coefficient (Wildman–Crippen LogP) is 3.79. The van der Waals surface area contributed by atoms with Crippen molar-refractivity contribution in [1.29, 1.82) is 0 Å². The zero-order chi connectivity index (χ0) is 20.0. The van der Waals surface area contributed by atoms with Gasteiger partial charge in [0.1, 0.15) is 11.6 Å². The van der Waals surface area contributed by atoms with Crippen molar-refractivity contribution in [3.63, 3.8) is 0 Å². The number of hydrogen-bond donors (Lipinski definition) is 1. The molecule has 0 bridgehead atoms. The Morgan fingerprint density at radius 2 is 1.63 bits per heavy atom. The van der Waals surface area contributed by atoms with Crippen molar-refractivity contribution in [3.05, 3.63) is 59.9 Å². The zero-order valence-electron chi connectivity index (χ0n) is 14.0. The Kier molecular flexibility index (Phi) is 6.38. The van der Waals surface area contributed by atoms with Crippen LogP contribution in [0.4, 0.5) is 23.2 Å². The molecule has 27 heavy (non-hydrogen) atoms. The summed E-state index contributed by atoms with van der Waals surface area (Å²) < 4.78 is 60.2. The monoisotopic (exact) mass is 385 g/mol. The van der Waals surface area contributed by atoms with Gasteiger partial charge in [-0.05, 0) is 55.5 Å². The van der Waals surface area contributed by atoms with Crippen LogP contribution in [0.15, 0.2) is 48.5 Å². The Bertz CT molecular complexity index is 789. The molecule has 0 aromatic heterocycles. The average Bonchev–Trinajstić information content (AvgIpc) is 2.61. The Labute approximate surface area is 151 Å². The molecule has 0 fully saturated rings. The van der Waals surface area contributed by atoms with Gasteiger partial charge in [-0.2, -0.15) is 13.2 Å². The summed E-state index contributed by atoms with van der Waals surface area (Å²) in [6.45, 7) is 0.804. The fourth-order valence-corrected chi connectivity index (χ4v) is 1.94. The van der Waals surface area contributed by atoms with Gasteiger partial charge >= 0.3 is 12.1 Å². The maximum atomic E-state index is 12.8. The molecule has 144 valence electrons. The topological polar surface area (TPSA) is 64.6 Å². The molecular weight excluding hydrogens is 370 g/mol. The number of esters is 1. The third kappa shape index (κ3) is 6.28. The van der Waals surface area contributed by atoms with Gasteiger partial charge in [-0.1, -0.05) is 0 Å². The molecule has 0 saturated carbocycles. The summed E-state index contributed by atoms with van der Waals surface area (Å²) in [4.78, 5) is 23.6. The standard InChI is InChI=1S/C18H15F4NO4/c1-11(27-16(24)10-26-15-8-4-13(19)5-9-15)17(25)23-14-6-2-12(3-7-14)18(20,21)22/h2-9,11H,10H2,1H3,(H,23,25)/t11-/m0/s1. The minimum atomic E-state index is -4.48. The normalized spacial score (nSPS) is 12.2. The highest BCUT2D eigenvalue weighted by Crippen LogP contribution is 2.29. The summed E-state index contributed by atoms with van der Waals surface area (Å²) in [5.74, 6) is -1.77. The van der Waals surface area contributed by atoms with Gasteiger partial charge in [-0.15, -0.1) is 0 Å². The molecule has 1 atom stereocenters. The van der Waals surface area contributed by atoms with Gasteiger partial charge in [-0.25, -0.2) is 9.18 Å². The number of amides is 1. The van der Waals surface area contributed by atoms with Crippen molar-refractivity contribution in [2.45, 2.75) is 19.2 Å². The minimum Gasteiger partial charge on any atom is -0.482 e. The molecule has 0 saturated heterocycles. The lowest BCUT2D eigenvalue weighted by Gasteiger charge is -2.14. The quantitative estimate of drug-likeness (QED) is 0.607. The zero-order valence-corrected chi connectivity index (χ0v) is 14.0. The lowest BCUT2D eigenvalue weighted by atomic mass is 10.2. The molecule has 9 heteroatoms. The molecule has 0 aliphatic heterocycles. The average molecular weight is 385 g/mol. The number of benzene rings is 2. The summed E-state index contributed by atoms with van der Waals surface area (Å²) in [7, 11) is 0. The molecule has 5 nitrogen and oxygen atoms in total. The number of carbonyl (C=O) groups excluding carboxylic acids is 2. The van der Waals surface area contributed by atoms with E-state index in [1.54, 1.807) is 0 Å². The van der Waals surface area contributed by atoms with E-state index in [1.165, 1.54) is 19.1 Å². The van der Waals surface area contributed by atoms with Crippen LogP contribution in [0.3, 0.4) is 0 Å². The first-order chi connectivity index (χ1) is 12.6. The summed E-state index contributed by atoms with van der Waals surface area (Å²) >= 11 is 0. The van der Waals surface area contributed by atoms with Gasteiger partial charge in [-0.3, -0.25) is 4.79 Å². The maximum absolute atomic E-state index is 12.8. The largest absolute Gasteiger partial charge is 0.482 e. The van der Waals surface area contributed by atoms with Crippen molar-refractivity contribution in [1.82, 2.24) is 0 Å². The van der Waals surface area contributed by atoms with Crippen LogP contribution in [0.5, 0.6) is 5.75 Å². The van der Waals surface area contributed by atoms with E-state index < -0.39 is 42.1 Å². The van der Waals surface area contributed by atoms with E-state index >= 15 is 0 Å². The number of alkyl halides is 3. The molecule has 2 rings (SSSR count). The van der Waals surface area contributed by atoms with Crippen LogP contribution in [0.2, 0.25) is 0 Å². The number of anilines is 1. The van der Waals surface area contributed by atoms with Gasteiger partial charge in [0, 0.05) is 5.69 Å². The van der Waals surface area contributed by atoms with Gasteiger partial charge < -0.3 is 14.8 Å². The lowest BCUT2D eigenvalue weighted by molar-refractivity contribution is -0.155. The molecule has 1 amide bonds. The van der Waals surface area contributed by atoms with Crippen molar-refractivity contribution in [2.75, 3.05) is 11.9 Å². The van der Waals surface area contributed by atoms with E-state index in [1.807, 2.05) is 0 Å². The first-order valence-electron chi connectivity index (χ1n) is 7.71. The number of hydrogen-bond acceptors (Lipinski definition) is 4. The van der Waals surface area contributed by atoms with Crippen molar-refractivity contribution in [3.8, 4) is 5.75 Å². The van der Waals surface area contributed by atoms with Crippen molar-refractivity contribution < 1.29 is 36.6 Å². The first-order valence-corrected chi connectivity index (χ1v) is 7.71. The van der Waals surface area contributed by atoms with Crippen LogP contribution in [-0.4, -0.2) is 24.6 Å². The van der Waals surface area contributed by atoms with Crippen LogP contribution in [-0.2, 0) is 20.5 Å². The molecule has 2 aromatic carbocycles. The van der Waals surface area contributed by atoms with Crippen molar-refractivity contribution >= 4 is 17.6 Å². The second-order valence-corrected chi connectivity index (χ2v) is 5.44. The van der Waals surface area contributed by atoms with E-state index in [0.717, 1.165) is 36.4 Å². The molecule has 0 aliphatic rings. The molecule has 0 spiro atoms. The number of nitrogens with one attached hydrogen (secondary N) is 1. The summed E-state index contributed by atoms with van der Waals surface area (Å²) in [5, 5.41) is 2.34. The van der Waals surface area contributed by atoms with Crippen molar-refractivity contribution in [2.24, 2.45) is 0 Å². The van der Waals surface area contributed by atoms with Gasteiger partial charge in [0.15, 0.2) is 12.7 Å². The smallest absolute Gasteiger partial charge is 0.416 e. The van der Waals surface area contributed by atoms with Gasteiger partial charge in [0.25, 0.3) is 5.91 Å². The third-order valence-electron chi connectivity index (χ3n) is 3.33. The Morgan fingerprint density at radius 1 is 1.04 bits per heavy atom. The summed E-state index contributed by atoms with van der Waals surface area (Å²) in [6, 6.07) is 8.78. The van der Waals surface area contributed by atoms with E-state index in [-0.39, 0.29) is 11.4 Å². The Hall–Kier alpha value is -3.10.